The molecule has 0 radical (unpaired) electrons. The third-order valence-corrected chi connectivity index (χ3v) is 3.43. The quantitative estimate of drug-likeness (QED) is 0.889. The summed E-state index contributed by atoms with van der Waals surface area (Å²) in [7, 11) is 1.88. The summed E-state index contributed by atoms with van der Waals surface area (Å²) in [5.41, 5.74) is 7.76. The summed E-state index contributed by atoms with van der Waals surface area (Å²) in [5.74, 6) is 0.930. The van der Waals surface area contributed by atoms with Crippen LogP contribution in [-0.2, 0) is 7.05 Å². The lowest BCUT2D eigenvalue weighted by atomic mass is 9.99. The van der Waals surface area contributed by atoms with Gasteiger partial charge in [0.05, 0.1) is 17.1 Å². The number of hydrogen-bond acceptors (Lipinski definition) is 2. The van der Waals surface area contributed by atoms with Gasteiger partial charge < -0.3 is 10.3 Å². The van der Waals surface area contributed by atoms with Gasteiger partial charge in [0.15, 0.2) is 0 Å². The van der Waals surface area contributed by atoms with E-state index in [4.69, 9.17) is 5.73 Å². The van der Waals surface area contributed by atoms with Crippen LogP contribution in [-0.4, -0.2) is 9.55 Å². The predicted molar refractivity (Wildman–Crippen MR) is 67.1 cm³/mol. The van der Waals surface area contributed by atoms with E-state index in [1.165, 1.54) is 12.1 Å². The molecule has 0 bridgehead atoms. The maximum absolute atomic E-state index is 13.2. The van der Waals surface area contributed by atoms with Crippen molar-refractivity contribution in [3.05, 3.63) is 29.8 Å². The fourth-order valence-electron chi connectivity index (χ4n) is 1.99. The third-order valence-electron chi connectivity index (χ3n) is 3.43. The van der Waals surface area contributed by atoms with E-state index in [9.17, 15) is 4.39 Å². The van der Waals surface area contributed by atoms with Gasteiger partial charge in [-0.2, -0.15) is 0 Å². The molecule has 0 saturated carbocycles. The molecule has 1 aromatic heterocycles. The standard InChI is InChI=1S/C13H18FN3/c1-4-8(2)12(15)13-16-10-6-5-9(14)7-11(10)17(13)3/h5-8,12H,4,15H2,1-3H3. The molecule has 17 heavy (non-hydrogen) atoms. The minimum absolute atomic E-state index is 0.111. The molecule has 0 aliphatic carbocycles. The first-order chi connectivity index (χ1) is 8.04. The van der Waals surface area contributed by atoms with Crippen molar-refractivity contribution in [3.63, 3.8) is 0 Å². The zero-order valence-electron chi connectivity index (χ0n) is 10.4. The lowest BCUT2D eigenvalue weighted by Crippen LogP contribution is -2.22. The molecule has 92 valence electrons. The van der Waals surface area contributed by atoms with Crippen LogP contribution >= 0.6 is 0 Å². The molecule has 0 fully saturated rings. The van der Waals surface area contributed by atoms with Crippen molar-refractivity contribution in [2.45, 2.75) is 26.3 Å². The number of aryl methyl sites for hydroxylation is 1. The van der Waals surface area contributed by atoms with E-state index in [2.05, 4.69) is 18.8 Å². The van der Waals surface area contributed by atoms with Crippen molar-refractivity contribution in [1.29, 1.82) is 0 Å². The Bertz CT molecular complexity index is 533. The van der Waals surface area contributed by atoms with Crippen molar-refractivity contribution in [1.82, 2.24) is 9.55 Å². The number of nitrogens with two attached hydrogens (primary N) is 1. The summed E-state index contributed by atoms with van der Waals surface area (Å²) in [4.78, 5) is 4.49. The Morgan fingerprint density at radius 2 is 2.18 bits per heavy atom. The molecule has 1 heterocycles. The van der Waals surface area contributed by atoms with Crippen molar-refractivity contribution in [3.8, 4) is 0 Å². The lowest BCUT2D eigenvalue weighted by molar-refractivity contribution is 0.432. The molecule has 4 heteroatoms. The minimum Gasteiger partial charge on any atom is -0.330 e. The summed E-state index contributed by atoms with van der Waals surface area (Å²) in [6.45, 7) is 4.21. The van der Waals surface area contributed by atoms with Gasteiger partial charge in [0.25, 0.3) is 0 Å². The highest BCUT2D eigenvalue weighted by Crippen LogP contribution is 2.24. The summed E-state index contributed by atoms with van der Waals surface area (Å²) in [5, 5.41) is 0. The highest BCUT2D eigenvalue weighted by Gasteiger charge is 2.19. The zero-order valence-corrected chi connectivity index (χ0v) is 10.4. The average Bonchev–Trinajstić information content (AvgIpc) is 2.65. The van der Waals surface area contributed by atoms with Crippen LogP contribution in [0.15, 0.2) is 18.2 Å². The van der Waals surface area contributed by atoms with Crippen LogP contribution in [0.5, 0.6) is 0 Å². The van der Waals surface area contributed by atoms with Crippen LogP contribution in [0, 0.1) is 11.7 Å². The number of fused-ring (bicyclic) bond motifs is 1. The van der Waals surface area contributed by atoms with E-state index >= 15 is 0 Å². The molecule has 2 unspecified atom stereocenters. The molecule has 2 N–H and O–H groups in total. The summed E-state index contributed by atoms with van der Waals surface area (Å²) in [6, 6.07) is 4.50. The number of hydrogen-bond donors (Lipinski definition) is 1. The minimum atomic E-state index is -0.246. The molecule has 0 spiro atoms. The number of imidazole rings is 1. The fourth-order valence-corrected chi connectivity index (χ4v) is 1.99. The average molecular weight is 235 g/mol. The Kier molecular flexibility index (Phi) is 3.15. The van der Waals surface area contributed by atoms with E-state index in [0.717, 1.165) is 23.3 Å². The predicted octanol–water partition coefficient (Wildman–Crippen LogP) is 2.76. The molecule has 0 aliphatic rings. The van der Waals surface area contributed by atoms with Crippen molar-refractivity contribution < 1.29 is 4.39 Å². The second-order valence-corrected chi connectivity index (χ2v) is 4.57. The topological polar surface area (TPSA) is 43.8 Å². The fraction of sp³-hybridized carbons (Fsp3) is 0.462. The molecular weight excluding hydrogens is 217 g/mol. The van der Waals surface area contributed by atoms with E-state index in [1.807, 2.05) is 11.6 Å². The number of halogens is 1. The SMILES string of the molecule is CCC(C)C(N)c1nc2ccc(F)cc2n1C. The smallest absolute Gasteiger partial charge is 0.126 e. The number of aromatic nitrogens is 2. The zero-order chi connectivity index (χ0) is 12.6. The van der Waals surface area contributed by atoms with Gasteiger partial charge in [-0.3, -0.25) is 0 Å². The second-order valence-electron chi connectivity index (χ2n) is 4.57. The third kappa shape index (κ3) is 2.05. The molecule has 0 aliphatic heterocycles. The normalized spacial score (nSPS) is 15.1. The Hall–Kier alpha value is -1.42. The Morgan fingerprint density at radius 3 is 2.82 bits per heavy atom. The van der Waals surface area contributed by atoms with Gasteiger partial charge in [-0.1, -0.05) is 20.3 Å². The maximum Gasteiger partial charge on any atom is 0.126 e. The monoisotopic (exact) mass is 235 g/mol. The van der Waals surface area contributed by atoms with E-state index in [0.29, 0.717) is 5.92 Å². The number of rotatable bonds is 3. The van der Waals surface area contributed by atoms with E-state index < -0.39 is 0 Å². The molecule has 0 saturated heterocycles. The molecule has 2 rings (SSSR count). The highest BCUT2D eigenvalue weighted by atomic mass is 19.1. The summed E-state index contributed by atoms with van der Waals surface area (Å²) >= 11 is 0. The Labute approximate surface area is 100 Å². The van der Waals surface area contributed by atoms with Crippen molar-refractivity contribution in [2.24, 2.45) is 18.7 Å². The van der Waals surface area contributed by atoms with Gasteiger partial charge in [-0.15, -0.1) is 0 Å². The lowest BCUT2D eigenvalue weighted by Gasteiger charge is -2.17. The Morgan fingerprint density at radius 1 is 1.47 bits per heavy atom. The van der Waals surface area contributed by atoms with Gasteiger partial charge >= 0.3 is 0 Å². The molecule has 3 nitrogen and oxygen atoms in total. The molecule has 2 atom stereocenters. The van der Waals surface area contributed by atoms with Gasteiger partial charge in [-0.25, -0.2) is 9.37 Å². The Balaban J connectivity index is 2.52. The van der Waals surface area contributed by atoms with E-state index in [-0.39, 0.29) is 11.9 Å². The van der Waals surface area contributed by atoms with Gasteiger partial charge in [0, 0.05) is 7.05 Å². The van der Waals surface area contributed by atoms with Crippen LogP contribution in [0.2, 0.25) is 0 Å². The van der Waals surface area contributed by atoms with Crippen LogP contribution in [0.25, 0.3) is 11.0 Å². The van der Waals surface area contributed by atoms with Gasteiger partial charge in [-0.05, 0) is 24.1 Å². The van der Waals surface area contributed by atoms with Gasteiger partial charge in [0.1, 0.15) is 11.6 Å². The van der Waals surface area contributed by atoms with E-state index in [1.54, 1.807) is 6.07 Å². The molecule has 1 aromatic carbocycles. The summed E-state index contributed by atoms with van der Waals surface area (Å²) in [6.07, 6.45) is 0.999. The second kappa shape index (κ2) is 4.45. The highest BCUT2D eigenvalue weighted by molar-refractivity contribution is 5.76. The molecule has 0 amide bonds. The first-order valence-corrected chi connectivity index (χ1v) is 5.92. The van der Waals surface area contributed by atoms with Crippen molar-refractivity contribution >= 4 is 11.0 Å². The van der Waals surface area contributed by atoms with Crippen LogP contribution < -0.4 is 5.73 Å². The molecule has 2 aromatic rings. The first kappa shape index (κ1) is 12.0. The maximum atomic E-state index is 13.2. The van der Waals surface area contributed by atoms with Crippen molar-refractivity contribution in [2.75, 3.05) is 0 Å². The summed E-state index contributed by atoms with van der Waals surface area (Å²) < 4.78 is 15.1. The number of benzene rings is 1. The van der Waals surface area contributed by atoms with Crippen LogP contribution in [0.1, 0.15) is 32.1 Å². The first-order valence-electron chi connectivity index (χ1n) is 5.92. The number of nitrogens with zero attached hydrogens (tertiary/aromatic N) is 2. The largest absolute Gasteiger partial charge is 0.330 e. The van der Waals surface area contributed by atoms with Crippen LogP contribution in [0.3, 0.4) is 0 Å². The van der Waals surface area contributed by atoms with Crippen LogP contribution in [0.4, 0.5) is 4.39 Å². The molecular formula is C13H18FN3. The van der Waals surface area contributed by atoms with Gasteiger partial charge in [0.2, 0.25) is 0 Å².